The van der Waals surface area contributed by atoms with Gasteiger partial charge >= 0.3 is 0 Å². The van der Waals surface area contributed by atoms with Crippen molar-refractivity contribution >= 4 is 23.0 Å². The van der Waals surface area contributed by atoms with Crippen LogP contribution < -0.4 is 5.32 Å². The van der Waals surface area contributed by atoms with Crippen molar-refractivity contribution in [2.24, 2.45) is 5.92 Å². The predicted octanol–water partition coefficient (Wildman–Crippen LogP) is 4.95. The molecule has 1 fully saturated rings. The van der Waals surface area contributed by atoms with E-state index in [1.807, 2.05) is 54.3 Å². The Kier molecular flexibility index (Phi) is 5.77. The van der Waals surface area contributed by atoms with Crippen LogP contribution in [-0.4, -0.2) is 44.9 Å². The second-order valence-corrected chi connectivity index (χ2v) is 8.67. The van der Waals surface area contributed by atoms with Crippen LogP contribution in [0.15, 0.2) is 65.3 Å². The molecule has 0 bridgehead atoms. The van der Waals surface area contributed by atoms with Gasteiger partial charge in [-0.2, -0.15) is 4.98 Å². The van der Waals surface area contributed by atoms with Gasteiger partial charge in [0.05, 0.1) is 11.6 Å². The molecule has 7 nitrogen and oxygen atoms in total. The van der Waals surface area contributed by atoms with Crippen molar-refractivity contribution in [1.29, 1.82) is 0 Å². The summed E-state index contributed by atoms with van der Waals surface area (Å²) in [6.07, 6.45) is 5.46. The number of carbonyl (C=O) groups is 1. The van der Waals surface area contributed by atoms with Gasteiger partial charge in [-0.3, -0.25) is 4.79 Å². The first-order valence-corrected chi connectivity index (χ1v) is 11.4. The summed E-state index contributed by atoms with van der Waals surface area (Å²) in [5.41, 5.74) is 4.03. The molecular formula is C26H27N5O2. The highest BCUT2D eigenvalue weighted by molar-refractivity contribution is 6.00. The van der Waals surface area contributed by atoms with Crippen molar-refractivity contribution in [3.05, 3.63) is 72.1 Å². The van der Waals surface area contributed by atoms with E-state index in [0.29, 0.717) is 36.4 Å². The Bertz CT molecular complexity index is 1240. The third-order valence-corrected chi connectivity index (χ3v) is 6.34. The monoisotopic (exact) mass is 441 g/mol. The van der Waals surface area contributed by atoms with Crippen molar-refractivity contribution in [2.75, 3.05) is 18.4 Å². The first-order valence-electron chi connectivity index (χ1n) is 11.4. The highest BCUT2D eigenvalue weighted by Crippen LogP contribution is 2.29. The van der Waals surface area contributed by atoms with E-state index in [0.717, 1.165) is 35.1 Å². The number of fused-ring (bicyclic) bond motifs is 1. The summed E-state index contributed by atoms with van der Waals surface area (Å²) in [6, 6.07) is 15.8. The third-order valence-electron chi connectivity index (χ3n) is 6.34. The van der Waals surface area contributed by atoms with Crippen molar-refractivity contribution in [2.45, 2.75) is 32.7 Å². The number of rotatable bonds is 5. The molecule has 3 heterocycles. The minimum absolute atomic E-state index is 0.00775. The van der Waals surface area contributed by atoms with Gasteiger partial charge in [0.1, 0.15) is 5.52 Å². The molecule has 7 heteroatoms. The topological polar surface area (TPSA) is 84.2 Å². The molecule has 0 aliphatic carbocycles. The number of oxazole rings is 1. The number of nitrogens with zero attached hydrogens (tertiary/aromatic N) is 4. The van der Waals surface area contributed by atoms with Crippen molar-refractivity contribution in [3.63, 3.8) is 0 Å². The molecule has 1 amide bonds. The number of carbonyl (C=O) groups excluding carboxylic acids is 1. The molecule has 33 heavy (non-hydrogen) atoms. The van der Waals surface area contributed by atoms with E-state index in [1.165, 1.54) is 0 Å². The van der Waals surface area contributed by atoms with Gasteiger partial charge in [-0.05, 0) is 56.0 Å². The molecule has 4 aromatic rings. The molecule has 2 aromatic heterocycles. The maximum atomic E-state index is 13.8. The maximum absolute atomic E-state index is 13.8. The van der Waals surface area contributed by atoms with E-state index in [9.17, 15) is 4.79 Å². The zero-order valence-electron chi connectivity index (χ0n) is 18.9. The van der Waals surface area contributed by atoms with Gasteiger partial charge in [-0.25, -0.2) is 9.97 Å². The lowest BCUT2D eigenvalue weighted by Crippen LogP contribution is -2.51. The number of hydrogen-bond acceptors (Lipinski definition) is 6. The number of aryl methyl sites for hydroxylation is 1. The summed E-state index contributed by atoms with van der Waals surface area (Å²) in [7, 11) is 0. The van der Waals surface area contributed by atoms with Gasteiger partial charge in [-0.15, -0.1) is 0 Å². The molecular weight excluding hydrogens is 414 g/mol. The summed E-state index contributed by atoms with van der Waals surface area (Å²) in [5, 5.41) is 3.33. The maximum Gasteiger partial charge on any atom is 0.295 e. The van der Waals surface area contributed by atoms with Crippen LogP contribution in [0, 0.1) is 12.8 Å². The third kappa shape index (κ3) is 4.31. The summed E-state index contributed by atoms with van der Waals surface area (Å²) in [5.74, 6) is 0.922. The first kappa shape index (κ1) is 21.1. The Balaban J connectivity index is 1.41. The second-order valence-electron chi connectivity index (χ2n) is 8.67. The predicted molar refractivity (Wildman–Crippen MR) is 128 cm³/mol. The highest BCUT2D eigenvalue weighted by Gasteiger charge is 2.33. The summed E-state index contributed by atoms with van der Waals surface area (Å²) in [4.78, 5) is 29.1. The number of para-hydroxylation sites is 2. The summed E-state index contributed by atoms with van der Waals surface area (Å²) in [6.45, 7) is 5.50. The summed E-state index contributed by atoms with van der Waals surface area (Å²) >= 11 is 0. The van der Waals surface area contributed by atoms with E-state index < -0.39 is 0 Å². The molecule has 0 spiro atoms. The lowest BCUT2D eigenvalue weighted by Gasteiger charge is -2.40. The standard InChI is InChI=1S/C26H27N5O2/c1-17-10-11-19(20(15-17)24-27-12-6-13-28-24)25(32)31-14-5-7-18(2)22(31)16-29-26-30-21-8-3-4-9-23(21)33-26/h3-4,6,8-13,15,18,22H,5,7,14,16H2,1-2H3,(H,29,30)/t18-,22-/m1/s1. The van der Waals surface area contributed by atoms with Crippen LogP contribution in [0.3, 0.4) is 0 Å². The molecule has 2 aromatic carbocycles. The fourth-order valence-electron chi connectivity index (χ4n) is 4.57. The second kappa shape index (κ2) is 9.02. The number of anilines is 1. The Morgan fingerprint density at radius 2 is 1.97 bits per heavy atom. The molecule has 0 unspecified atom stereocenters. The fourth-order valence-corrected chi connectivity index (χ4v) is 4.57. The Labute approximate surface area is 192 Å². The van der Waals surface area contributed by atoms with Crippen molar-refractivity contribution < 1.29 is 9.21 Å². The van der Waals surface area contributed by atoms with Crippen LogP contribution in [-0.2, 0) is 0 Å². The minimum Gasteiger partial charge on any atom is -0.424 e. The smallest absolute Gasteiger partial charge is 0.295 e. The number of likely N-dealkylation sites (tertiary alicyclic amines) is 1. The number of nitrogens with one attached hydrogen (secondary N) is 1. The zero-order valence-corrected chi connectivity index (χ0v) is 18.9. The first-order chi connectivity index (χ1) is 16.1. The normalized spacial score (nSPS) is 18.4. The van der Waals surface area contributed by atoms with Crippen LogP contribution in [0.1, 0.15) is 35.7 Å². The van der Waals surface area contributed by atoms with Gasteiger partial charge in [0, 0.05) is 31.0 Å². The van der Waals surface area contributed by atoms with E-state index in [2.05, 4.69) is 27.2 Å². The number of benzene rings is 2. The van der Waals surface area contributed by atoms with Crippen LogP contribution in [0.5, 0.6) is 0 Å². The zero-order chi connectivity index (χ0) is 22.8. The van der Waals surface area contributed by atoms with Crippen LogP contribution >= 0.6 is 0 Å². The van der Waals surface area contributed by atoms with Gasteiger partial charge in [0.2, 0.25) is 0 Å². The average Bonchev–Trinajstić information content (AvgIpc) is 3.26. The minimum atomic E-state index is 0.00775. The van der Waals surface area contributed by atoms with Crippen LogP contribution in [0.25, 0.3) is 22.5 Å². The molecule has 1 aliphatic rings. The molecule has 5 rings (SSSR count). The van der Waals surface area contributed by atoms with Gasteiger partial charge < -0.3 is 14.6 Å². The van der Waals surface area contributed by atoms with E-state index in [-0.39, 0.29) is 11.9 Å². The van der Waals surface area contributed by atoms with E-state index in [4.69, 9.17) is 4.42 Å². The SMILES string of the molecule is Cc1ccc(C(=O)N2CCC[C@@H](C)[C@H]2CNc2nc3ccccc3o2)c(-c2ncccn2)c1. The Hall–Kier alpha value is -3.74. The lowest BCUT2D eigenvalue weighted by molar-refractivity contribution is 0.0540. The molecule has 1 aliphatic heterocycles. The molecule has 1 saturated heterocycles. The molecule has 2 atom stereocenters. The molecule has 0 saturated carbocycles. The number of hydrogen-bond donors (Lipinski definition) is 1. The Morgan fingerprint density at radius 3 is 2.79 bits per heavy atom. The average molecular weight is 442 g/mol. The molecule has 168 valence electrons. The van der Waals surface area contributed by atoms with Crippen LogP contribution in [0.4, 0.5) is 6.01 Å². The highest BCUT2D eigenvalue weighted by atomic mass is 16.4. The fraction of sp³-hybridized carbons (Fsp3) is 0.308. The van der Waals surface area contributed by atoms with Crippen molar-refractivity contribution in [3.8, 4) is 11.4 Å². The number of amides is 1. The lowest BCUT2D eigenvalue weighted by atomic mass is 9.89. The molecule has 0 radical (unpaired) electrons. The van der Waals surface area contributed by atoms with Gasteiger partial charge in [0.15, 0.2) is 11.4 Å². The quantitative estimate of drug-likeness (QED) is 0.472. The number of piperidine rings is 1. The van der Waals surface area contributed by atoms with Crippen molar-refractivity contribution in [1.82, 2.24) is 19.9 Å². The Morgan fingerprint density at radius 1 is 1.15 bits per heavy atom. The van der Waals surface area contributed by atoms with Gasteiger partial charge in [0.25, 0.3) is 11.9 Å². The van der Waals surface area contributed by atoms with Crippen LogP contribution in [0.2, 0.25) is 0 Å². The van der Waals surface area contributed by atoms with E-state index in [1.54, 1.807) is 18.5 Å². The molecule has 1 N–H and O–H groups in total. The van der Waals surface area contributed by atoms with Gasteiger partial charge in [-0.1, -0.05) is 30.7 Å². The largest absolute Gasteiger partial charge is 0.424 e. The number of aromatic nitrogens is 3. The summed E-state index contributed by atoms with van der Waals surface area (Å²) < 4.78 is 5.82. The van der Waals surface area contributed by atoms with E-state index >= 15 is 0 Å².